The van der Waals surface area contributed by atoms with E-state index in [4.69, 9.17) is 16.3 Å². The highest BCUT2D eigenvalue weighted by Gasteiger charge is 2.37. The second-order valence-electron chi connectivity index (χ2n) is 7.06. The normalized spacial score (nSPS) is 15.8. The van der Waals surface area contributed by atoms with Crippen molar-refractivity contribution in [1.29, 1.82) is 0 Å². The van der Waals surface area contributed by atoms with E-state index in [-0.39, 0.29) is 29.2 Å². The summed E-state index contributed by atoms with van der Waals surface area (Å²) in [6.45, 7) is -0.936. The Morgan fingerprint density at radius 3 is 2.55 bits per heavy atom. The smallest absolute Gasteiger partial charge is 0.416 e. The number of alkyl halides is 3. The van der Waals surface area contributed by atoms with Gasteiger partial charge in [-0.2, -0.15) is 13.2 Å². The highest BCUT2D eigenvalue weighted by atomic mass is 35.5. The fraction of sp³-hybridized carbons (Fsp3) is 0.238. The second-order valence-corrected chi connectivity index (χ2v) is 7.47. The van der Waals surface area contributed by atoms with Crippen molar-refractivity contribution in [3.63, 3.8) is 0 Å². The minimum absolute atomic E-state index is 0.115. The van der Waals surface area contributed by atoms with Gasteiger partial charge in [-0.05, 0) is 30.3 Å². The summed E-state index contributed by atoms with van der Waals surface area (Å²) in [5.74, 6) is -3.83. The molecule has 1 fully saturated rings. The van der Waals surface area contributed by atoms with Gasteiger partial charge in [-0.25, -0.2) is 0 Å². The van der Waals surface area contributed by atoms with Crippen LogP contribution >= 0.6 is 11.6 Å². The van der Waals surface area contributed by atoms with Gasteiger partial charge < -0.3 is 10.1 Å². The molecular weight excluding hydrogens is 467 g/mol. The van der Waals surface area contributed by atoms with Gasteiger partial charge in [-0.1, -0.05) is 29.8 Å². The summed E-state index contributed by atoms with van der Waals surface area (Å²) in [6.07, 6.45) is -4.83. The van der Waals surface area contributed by atoms with Crippen molar-refractivity contribution in [2.45, 2.75) is 12.6 Å². The molecule has 1 aliphatic heterocycles. The highest BCUT2D eigenvalue weighted by Crippen LogP contribution is 2.30. The van der Waals surface area contributed by atoms with Gasteiger partial charge in [0.1, 0.15) is 0 Å². The summed E-state index contributed by atoms with van der Waals surface area (Å²) in [4.78, 5) is 48.6. The van der Waals surface area contributed by atoms with Gasteiger partial charge in [0.2, 0.25) is 5.91 Å². The Morgan fingerprint density at radius 2 is 1.85 bits per heavy atom. The van der Waals surface area contributed by atoms with E-state index in [0.717, 1.165) is 23.2 Å². The van der Waals surface area contributed by atoms with Crippen LogP contribution in [0.2, 0.25) is 5.02 Å². The van der Waals surface area contributed by atoms with Gasteiger partial charge in [0.25, 0.3) is 11.8 Å². The zero-order chi connectivity index (χ0) is 24.2. The van der Waals surface area contributed by atoms with Crippen molar-refractivity contribution in [3.8, 4) is 0 Å². The Hall–Kier alpha value is -3.60. The number of ether oxygens (including phenoxy) is 1. The second kappa shape index (κ2) is 9.90. The summed E-state index contributed by atoms with van der Waals surface area (Å²) in [7, 11) is 0. The van der Waals surface area contributed by atoms with Crippen molar-refractivity contribution >= 4 is 41.0 Å². The lowest BCUT2D eigenvalue weighted by Gasteiger charge is -2.18. The predicted octanol–water partition coefficient (Wildman–Crippen LogP) is 3.03. The van der Waals surface area contributed by atoms with Crippen molar-refractivity contribution < 1.29 is 37.1 Å². The van der Waals surface area contributed by atoms with Gasteiger partial charge >= 0.3 is 12.1 Å². The number of nitrogens with zero attached hydrogens (tertiary/aromatic N) is 1. The summed E-state index contributed by atoms with van der Waals surface area (Å²) in [5.41, 5.74) is 1.45. The molecule has 0 aliphatic carbocycles. The Bertz CT molecular complexity index is 1090. The number of carbonyl (C=O) groups excluding carboxylic acids is 4. The molecule has 1 heterocycles. The summed E-state index contributed by atoms with van der Waals surface area (Å²) >= 11 is 5.95. The van der Waals surface area contributed by atoms with E-state index in [1.165, 1.54) is 18.2 Å². The third kappa shape index (κ3) is 6.22. The van der Waals surface area contributed by atoms with Crippen LogP contribution in [0.4, 0.5) is 18.9 Å². The maximum absolute atomic E-state index is 12.7. The summed E-state index contributed by atoms with van der Waals surface area (Å²) < 4.78 is 43.1. The van der Waals surface area contributed by atoms with Crippen LogP contribution < -0.4 is 10.7 Å². The first-order valence-corrected chi connectivity index (χ1v) is 9.92. The van der Waals surface area contributed by atoms with E-state index in [1.54, 1.807) is 12.1 Å². The Morgan fingerprint density at radius 1 is 1.12 bits per heavy atom. The number of anilines is 1. The molecule has 1 saturated heterocycles. The van der Waals surface area contributed by atoms with Crippen molar-refractivity contribution in [3.05, 3.63) is 64.7 Å². The SMILES string of the molecule is O=C(COC(=O)[C@@H]1CC(=O)N(NC(=O)c2ccccc2Cl)C1)Nc1cccc(C(F)(F)F)c1. The zero-order valence-electron chi connectivity index (χ0n) is 16.8. The van der Waals surface area contributed by atoms with Crippen molar-refractivity contribution in [2.75, 3.05) is 18.5 Å². The molecule has 12 heteroatoms. The first kappa shape index (κ1) is 24.1. The number of carbonyl (C=O) groups is 4. The lowest BCUT2D eigenvalue weighted by molar-refractivity contribution is -0.151. The molecule has 2 aromatic rings. The van der Waals surface area contributed by atoms with E-state index in [2.05, 4.69) is 10.7 Å². The molecule has 0 bridgehead atoms. The monoisotopic (exact) mass is 483 g/mol. The van der Waals surface area contributed by atoms with Crippen LogP contribution in [0.1, 0.15) is 22.3 Å². The standard InChI is InChI=1S/C21H17ClF3N3O5/c22-16-7-2-1-6-15(16)19(31)27-28-10-12(8-18(28)30)20(32)33-11-17(29)26-14-5-3-4-13(9-14)21(23,24)25/h1-7,9,12H,8,10-11H2,(H,26,29)(H,27,31)/t12-/m1/s1. The maximum Gasteiger partial charge on any atom is 0.416 e. The first-order chi connectivity index (χ1) is 15.5. The molecule has 8 nitrogen and oxygen atoms in total. The lowest BCUT2D eigenvalue weighted by atomic mass is 10.1. The van der Waals surface area contributed by atoms with Crippen LogP contribution in [-0.4, -0.2) is 41.9 Å². The Kier molecular flexibility index (Phi) is 7.22. The van der Waals surface area contributed by atoms with Crippen LogP contribution in [0.25, 0.3) is 0 Å². The van der Waals surface area contributed by atoms with E-state index in [1.807, 2.05) is 0 Å². The molecule has 0 saturated carbocycles. The topological polar surface area (TPSA) is 105 Å². The van der Waals surface area contributed by atoms with Crippen LogP contribution in [0, 0.1) is 5.92 Å². The van der Waals surface area contributed by atoms with Crippen molar-refractivity contribution in [1.82, 2.24) is 10.4 Å². The zero-order valence-corrected chi connectivity index (χ0v) is 17.6. The third-order valence-electron chi connectivity index (χ3n) is 4.63. The number of nitrogens with one attached hydrogen (secondary N) is 2. The van der Waals surface area contributed by atoms with Gasteiger partial charge in [-0.3, -0.25) is 29.6 Å². The molecule has 1 aliphatic rings. The quantitative estimate of drug-likeness (QED) is 0.615. The molecular formula is C21H17ClF3N3O5. The number of amides is 3. The molecule has 0 unspecified atom stereocenters. The molecule has 2 aromatic carbocycles. The fourth-order valence-electron chi connectivity index (χ4n) is 3.03. The number of esters is 1. The fourth-order valence-corrected chi connectivity index (χ4v) is 3.25. The molecule has 3 amide bonds. The number of hydrazine groups is 1. The van der Waals surface area contributed by atoms with Crippen LogP contribution in [-0.2, 0) is 25.3 Å². The van der Waals surface area contributed by atoms with Crippen LogP contribution in [0.15, 0.2) is 48.5 Å². The van der Waals surface area contributed by atoms with E-state index in [0.29, 0.717) is 0 Å². The van der Waals surface area contributed by atoms with E-state index < -0.39 is 48.0 Å². The number of hydrogen-bond donors (Lipinski definition) is 2. The first-order valence-electron chi connectivity index (χ1n) is 9.54. The molecule has 174 valence electrons. The van der Waals surface area contributed by atoms with Crippen LogP contribution in [0.3, 0.4) is 0 Å². The van der Waals surface area contributed by atoms with Gasteiger partial charge in [0.15, 0.2) is 6.61 Å². The molecule has 33 heavy (non-hydrogen) atoms. The molecule has 0 radical (unpaired) electrons. The predicted molar refractivity (Wildman–Crippen MR) is 110 cm³/mol. The lowest BCUT2D eigenvalue weighted by Crippen LogP contribution is -2.43. The Labute approximate surface area is 190 Å². The number of hydrogen-bond acceptors (Lipinski definition) is 5. The van der Waals surface area contributed by atoms with E-state index in [9.17, 15) is 32.3 Å². The largest absolute Gasteiger partial charge is 0.455 e. The Balaban J connectivity index is 1.50. The number of rotatable bonds is 6. The van der Waals surface area contributed by atoms with Crippen LogP contribution in [0.5, 0.6) is 0 Å². The minimum Gasteiger partial charge on any atom is -0.455 e. The van der Waals surface area contributed by atoms with Gasteiger partial charge in [0.05, 0.1) is 28.6 Å². The molecule has 2 N–H and O–H groups in total. The van der Waals surface area contributed by atoms with Gasteiger partial charge in [-0.15, -0.1) is 0 Å². The average Bonchev–Trinajstić information content (AvgIpc) is 3.12. The molecule has 0 spiro atoms. The summed E-state index contributed by atoms with van der Waals surface area (Å²) in [5, 5.41) is 3.35. The number of halogens is 4. The highest BCUT2D eigenvalue weighted by molar-refractivity contribution is 6.33. The maximum atomic E-state index is 12.7. The number of benzene rings is 2. The van der Waals surface area contributed by atoms with E-state index >= 15 is 0 Å². The molecule has 1 atom stereocenters. The summed E-state index contributed by atoms with van der Waals surface area (Å²) in [6, 6.07) is 10.2. The van der Waals surface area contributed by atoms with Gasteiger partial charge in [0, 0.05) is 12.1 Å². The van der Waals surface area contributed by atoms with Crippen molar-refractivity contribution in [2.24, 2.45) is 5.92 Å². The third-order valence-corrected chi connectivity index (χ3v) is 4.96. The average molecular weight is 484 g/mol. The molecule has 3 rings (SSSR count). The minimum atomic E-state index is -4.57. The molecule has 0 aromatic heterocycles.